The predicted octanol–water partition coefficient (Wildman–Crippen LogP) is 8.17. The Morgan fingerprint density at radius 1 is 0.847 bits per heavy atom. The van der Waals surface area contributed by atoms with Gasteiger partial charge in [-0.15, -0.1) is 0 Å². The first-order valence-electron chi connectivity index (χ1n) is 20.1. The Kier molecular flexibility index (Phi) is 13.6. The lowest BCUT2D eigenvalue weighted by molar-refractivity contribution is -0.273. The number of hydrogen-bond donors (Lipinski definition) is 2. The fourth-order valence-corrected chi connectivity index (χ4v) is 8.00. The third-order valence-electron chi connectivity index (χ3n) is 11.7. The van der Waals surface area contributed by atoms with E-state index in [2.05, 4.69) is 39.8 Å². The van der Waals surface area contributed by atoms with Crippen LogP contribution < -0.4 is 20.5 Å². The van der Waals surface area contributed by atoms with E-state index in [4.69, 9.17) is 43.9 Å². The zero-order chi connectivity index (χ0) is 41.5. The number of benzene rings is 4. The van der Waals surface area contributed by atoms with Crippen LogP contribution in [0.15, 0.2) is 96.4 Å². The van der Waals surface area contributed by atoms with Gasteiger partial charge in [-0.3, -0.25) is 0 Å². The van der Waals surface area contributed by atoms with Crippen LogP contribution in [0.1, 0.15) is 42.1 Å². The van der Waals surface area contributed by atoms with Crippen molar-refractivity contribution in [3.63, 3.8) is 0 Å². The number of imidazole rings is 1. The van der Waals surface area contributed by atoms with E-state index < -0.39 is 30.6 Å². The molecule has 2 saturated heterocycles. The summed E-state index contributed by atoms with van der Waals surface area (Å²) in [4.78, 5) is 8.07. The van der Waals surface area contributed by atoms with E-state index in [1.807, 2.05) is 92.7 Å². The van der Waals surface area contributed by atoms with Crippen LogP contribution in [-0.4, -0.2) is 80.3 Å². The number of hydrogen-bond acceptors (Lipinski definition) is 11. The molecule has 14 nitrogen and oxygen atoms in total. The lowest BCUT2D eigenvalue weighted by atomic mass is 9.82. The molecular weight excluding hydrogens is 751 g/mol. The molecule has 3 heterocycles. The van der Waals surface area contributed by atoms with Crippen molar-refractivity contribution in [2.45, 2.75) is 83.6 Å². The number of fused-ring (bicyclic) bond motifs is 1. The Bertz CT molecular complexity index is 2190. The molecule has 0 amide bonds. The van der Waals surface area contributed by atoms with Gasteiger partial charge in [-0.1, -0.05) is 55.4 Å². The van der Waals surface area contributed by atoms with Crippen LogP contribution in [0.5, 0.6) is 11.5 Å². The fourth-order valence-electron chi connectivity index (χ4n) is 8.00. The van der Waals surface area contributed by atoms with E-state index in [9.17, 15) is 5.53 Å². The molecule has 312 valence electrons. The number of nitrogens with one attached hydrogen (secondary N) is 1. The first-order chi connectivity index (χ1) is 28.6. The zero-order valence-corrected chi connectivity index (χ0v) is 34.6. The number of aryl methyl sites for hydroxylation is 2. The van der Waals surface area contributed by atoms with E-state index in [0.717, 1.165) is 50.5 Å². The topological polar surface area (TPSA) is 169 Å². The van der Waals surface area contributed by atoms with Crippen molar-refractivity contribution < 1.29 is 33.2 Å². The summed E-state index contributed by atoms with van der Waals surface area (Å²) < 4.78 is 46.0. The second kappa shape index (κ2) is 19.2. The summed E-state index contributed by atoms with van der Waals surface area (Å²) >= 11 is 0. The van der Waals surface area contributed by atoms with Crippen molar-refractivity contribution in [2.75, 3.05) is 45.1 Å². The highest BCUT2D eigenvalue weighted by molar-refractivity contribution is 5.76. The van der Waals surface area contributed by atoms with Gasteiger partial charge in [0.15, 0.2) is 6.29 Å². The third-order valence-corrected chi connectivity index (χ3v) is 11.7. The molecule has 7 rings (SSSR count). The van der Waals surface area contributed by atoms with Crippen molar-refractivity contribution in [1.82, 2.24) is 9.55 Å². The molecule has 59 heavy (non-hydrogen) atoms. The van der Waals surface area contributed by atoms with Crippen molar-refractivity contribution in [2.24, 2.45) is 17.0 Å². The van der Waals surface area contributed by atoms with Crippen LogP contribution in [0.25, 0.3) is 21.5 Å². The SMILES string of the molecule is COc1ccc(COCC2O[C@@H](O[C@@H]3C(n4cnc5cc(C)ccc54)COC(COCc4ccc(OC)cc4)[C@@H]3N=[N+]=[N-])C(Nc3ccc(C)cc3N)[C@@H](C)[C@@H]2C)cc1. The van der Waals surface area contributed by atoms with Crippen LogP contribution in [-0.2, 0) is 36.9 Å². The molecule has 0 aliphatic carbocycles. The number of rotatable bonds is 16. The van der Waals surface area contributed by atoms with E-state index in [-0.39, 0.29) is 37.2 Å². The Morgan fingerprint density at radius 2 is 1.47 bits per heavy atom. The van der Waals surface area contributed by atoms with E-state index in [1.54, 1.807) is 20.5 Å². The van der Waals surface area contributed by atoms with Crippen LogP contribution >= 0.6 is 0 Å². The molecular formula is C45H55N7O7. The van der Waals surface area contributed by atoms with Crippen molar-refractivity contribution >= 4 is 22.4 Å². The minimum absolute atomic E-state index is 0.0286. The standard InChI is InChI=1S/C45H55N7O7/c1-27-7-17-36(35(46)19-27)49-42-30(4)29(3)40(24-55-21-31-9-13-33(53-5)14-10-31)58-45(42)59-44-39(52-26-48-37-20-28(2)8-18-38(37)52)23-57-41(43(44)50-51-47)25-56-22-32-11-15-34(54-6)16-12-32/h7-20,26,29-30,39-45,49H,21-25,46H2,1-6H3/t29-,30-,39?,40?,41?,42?,43-,44+,45-/m0/s1. The summed E-state index contributed by atoms with van der Waals surface area (Å²) in [5, 5.41) is 8.07. The van der Waals surface area contributed by atoms with Crippen LogP contribution in [0.4, 0.5) is 11.4 Å². The van der Waals surface area contributed by atoms with Gasteiger partial charge in [0.25, 0.3) is 0 Å². The maximum atomic E-state index is 10.1. The highest BCUT2D eigenvalue weighted by Crippen LogP contribution is 2.39. The van der Waals surface area contributed by atoms with Crippen molar-refractivity contribution in [3.05, 3.63) is 124 Å². The van der Waals surface area contributed by atoms with Gasteiger partial charge in [0, 0.05) is 4.91 Å². The Balaban J connectivity index is 1.20. The minimum atomic E-state index is -0.823. The number of anilines is 2. The van der Waals surface area contributed by atoms with Gasteiger partial charge in [-0.05, 0) is 102 Å². The van der Waals surface area contributed by atoms with E-state index >= 15 is 0 Å². The summed E-state index contributed by atoms with van der Waals surface area (Å²) in [5.74, 6) is 1.64. The maximum absolute atomic E-state index is 10.1. The summed E-state index contributed by atoms with van der Waals surface area (Å²) in [5.41, 5.74) is 23.9. The van der Waals surface area contributed by atoms with Crippen LogP contribution in [0, 0.1) is 25.7 Å². The van der Waals surface area contributed by atoms with Crippen molar-refractivity contribution in [1.29, 1.82) is 0 Å². The third kappa shape index (κ3) is 9.76. The normalized spacial score (nSPS) is 25.6. The van der Waals surface area contributed by atoms with Crippen LogP contribution in [0.2, 0.25) is 0 Å². The van der Waals surface area contributed by atoms with Gasteiger partial charge in [-0.25, -0.2) is 4.98 Å². The summed E-state index contributed by atoms with van der Waals surface area (Å²) in [7, 11) is 3.28. The van der Waals surface area contributed by atoms with Crippen LogP contribution in [0.3, 0.4) is 0 Å². The molecule has 9 atom stereocenters. The number of methoxy groups -OCH3 is 2. The number of azide groups is 1. The summed E-state index contributed by atoms with van der Waals surface area (Å²) in [6.07, 6.45) is -0.688. The molecule has 4 unspecified atom stereocenters. The Hall–Kier alpha value is -5.34. The molecule has 2 fully saturated rings. The number of nitrogen functional groups attached to an aromatic ring is 1. The molecule has 2 aliphatic heterocycles. The predicted molar refractivity (Wildman–Crippen MR) is 226 cm³/mol. The maximum Gasteiger partial charge on any atom is 0.178 e. The first-order valence-corrected chi connectivity index (χ1v) is 20.1. The first kappa shape index (κ1) is 41.8. The molecule has 0 bridgehead atoms. The smallest absolute Gasteiger partial charge is 0.178 e. The molecule has 1 aromatic heterocycles. The molecule has 0 radical (unpaired) electrons. The number of aromatic nitrogens is 2. The molecule has 2 aliphatic rings. The molecule has 4 aromatic carbocycles. The Labute approximate surface area is 345 Å². The average Bonchev–Trinajstić information content (AvgIpc) is 3.66. The quantitative estimate of drug-likeness (QED) is 0.0429. The zero-order valence-electron chi connectivity index (χ0n) is 34.6. The van der Waals surface area contributed by atoms with E-state index in [1.165, 1.54) is 0 Å². The second-order valence-electron chi connectivity index (χ2n) is 15.6. The molecule has 0 saturated carbocycles. The number of ether oxygens (including phenoxy) is 7. The fraction of sp³-hybridized carbons (Fsp3) is 0.444. The number of nitrogens with two attached hydrogens (primary N) is 1. The molecule has 5 aromatic rings. The highest BCUT2D eigenvalue weighted by atomic mass is 16.7. The lowest BCUT2D eigenvalue weighted by Gasteiger charge is -2.49. The molecule has 14 heteroatoms. The molecule has 0 spiro atoms. The average molecular weight is 806 g/mol. The number of nitrogens with zero attached hydrogens (tertiary/aromatic N) is 5. The highest BCUT2D eigenvalue weighted by Gasteiger charge is 2.48. The lowest BCUT2D eigenvalue weighted by Crippen LogP contribution is -2.59. The second-order valence-corrected chi connectivity index (χ2v) is 15.6. The summed E-state index contributed by atoms with van der Waals surface area (Å²) in [6.45, 7) is 9.89. The van der Waals surface area contributed by atoms with Gasteiger partial charge in [-0.2, -0.15) is 0 Å². The molecule has 3 N–H and O–H groups in total. The monoisotopic (exact) mass is 805 g/mol. The summed E-state index contributed by atoms with van der Waals surface area (Å²) in [6, 6.07) is 26.0. The van der Waals surface area contributed by atoms with Gasteiger partial charge < -0.3 is 48.8 Å². The van der Waals surface area contributed by atoms with Crippen molar-refractivity contribution in [3.8, 4) is 11.5 Å². The van der Waals surface area contributed by atoms with Gasteiger partial charge >= 0.3 is 0 Å². The van der Waals surface area contributed by atoms with Gasteiger partial charge in [0.05, 0.1) is 112 Å². The Morgan fingerprint density at radius 3 is 2.10 bits per heavy atom. The largest absolute Gasteiger partial charge is 0.497 e. The van der Waals surface area contributed by atoms with E-state index in [0.29, 0.717) is 25.5 Å². The minimum Gasteiger partial charge on any atom is -0.497 e. The van der Waals surface area contributed by atoms with Gasteiger partial charge in [0.2, 0.25) is 0 Å². The van der Waals surface area contributed by atoms with Gasteiger partial charge in [0.1, 0.15) is 11.5 Å².